The van der Waals surface area contributed by atoms with E-state index in [4.69, 9.17) is 5.11 Å². The Labute approximate surface area is 125 Å². The minimum atomic E-state index is -1.16. The summed E-state index contributed by atoms with van der Waals surface area (Å²) in [5.41, 5.74) is -0.0914. The average Bonchev–Trinajstić information content (AvgIpc) is 3.28. The fourth-order valence-electron chi connectivity index (χ4n) is 2.38. The number of aromatic nitrogens is 1. The number of hydrogen-bond acceptors (Lipinski definition) is 3. The molecule has 0 aliphatic heterocycles. The van der Waals surface area contributed by atoms with Crippen LogP contribution in [0.25, 0.3) is 0 Å². The van der Waals surface area contributed by atoms with Crippen LogP contribution in [0.5, 0.6) is 0 Å². The molecule has 22 heavy (non-hydrogen) atoms. The summed E-state index contributed by atoms with van der Waals surface area (Å²) in [6.07, 6.45) is 2.54. The molecule has 0 radical (unpaired) electrons. The first kappa shape index (κ1) is 14.2. The fourth-order valence-corrected chi connectivity index (χ4v) is 2.38. The molecule has 1 aliphatic rings. The van der Waals surface area contributed by atoms with E-state index in [1.807, 2.05) is 0 Å². The van der Waals surface area contributed by atoms with Crippen LogP contribution in [0.2, 0.25) is 0 Å². The Balaban J connectivity index is 1.80. The number of carbonyl (C=O) groups excluding carboxylic acids is 1. The van der Waals surface area contributed by atoms with Gasteiger partial charge in [0.05, 0.1) is 11.1 Å². The molecule has 0 bridgehead atoms. The van der Waals surface area contributed by atoms with E-state index in [9.17, 15) is 14.0 Å². The van der Waals surface area contributed by atoms with Gasteiger partial charge in [-0.3, -0.25) is 4.79 Å². The Hall–Kier alpha value is -2.76. The third-order valence-corrected chi connectivity index (χ3v) is 3.74. The Kier molecular flexibility index (Phi) is 3.36. The molecule has 1 aromatic carbocycles. The first-order chi connectivity index (χ1) is 10.5. The number of aromatic carboxylic acids is 1. The predicted molar refractivity (Wildman–Crippen MR) is 76.0 cm³/mol. The lowest BCUT2D eigenvalue weighted by molar-refractivity contribution is 0.0689. The van der Waals surface area contributed by atoms with Crippen molar-refractivity contribution in [1.29, 1.82) is 0 Å². The topological polar surface area (TPSA) is 79.3 Å². The van der Waals surface area contributed by atoms with Gasteiger partial charge in [-0.2, -0.15) is 0 Å². The van der Waals surface area contributed by atoms with Crippen molar-refractivity contribution in [3.63, 3.8) is 0 Å². The van der Waals surface area contributed by atoms with Crippen LogP contribution in [0.1, 0.15) is 39.3 Å². The quantitative estimate of drug-likeness (QED) is 0.908. The zero-order valence-electron chi connectivity index (χ0n) is 11.5. The summed E-state index contributed by atoms with van der Waals surface area (Å²) >= 11 is 0. The molecule has 6 heteroatoms. The molecule has 1 aromatic heterocycles. The molecule has 1 heterocycles. The largest absolute Gasteiger partial charge is 0.477 e. The van der Waals surface area contributed by atoms with Gasteiger partial charge in [0.2, 0.25) is 0 Å². The Morgan fingerprint density at radius 2 is 1.91 bits per heavy atom. The molecular weight excluding hydrogens is 287 g/mol. The number of nitrogens with zero attached hydrogens (tertiary/aromatic N) is 1. The maximum absolute atomic E-state index is 13.9. The number of halogens is 1. The van der Waals surface area contributed by atoms with E-state index < -0.39 is 17.4 Å². The van der Waals surface area contributed by atoms with Crippen LogP contribution in [0.4, 0.5) is 4.39 Å². The summed E-state index contributed by atoms with van der Waals surface area (Å²) < 4.78 is 13.9. The lowest BCUT2D eigenvalue weighted by Crippen LogP contribution is -2.35. The summed E-state index contributed by atoms with van der Waals surface area (Å²) in [4.78, 5) is 26.7. The molecule has 0 spiro atoms. The van der Waals surface area contributed by atoms with Gasteiger partial charge in [0.1, 0.15) is 11.5 Å². The van der Waals surface area contributed by atoms with Crippen molar-refractivity contribution in [3.8, 4) is 0 Å². The van der Waals surface area contributed by atoms with Crippen LogP contribution >= 0.6 is 0 Å². The van der Waals surface area contributed by atoms with Gasteiger partial charge in [0.25, 0.3) is 5.91 Å². The summed E-state index contributed by atoms with van der Waals surface area (Å²) in [5, 5.41) is 11.6. The van der Waals surface area contributed by atoms with Crippen molar-refractivity contribution in [2.75, 3.05) is 0 Å². The normalized spacial score (nSPS) is 15.1. The van der Waals surface area contributed by atoms with E-state index >= 15 is 0 Å². The van der Waals surface area contributed by atoms with E-state index in [0.717, 1.165) is 0 Å². The highest BCUT2D eigenvalue weighted by molar-refractivity contribution is 5.95. The van der Waals surface area contributed by atoms with E-state index in [1.165, 1.54) is 24.4 Å². The van der Waals surface area contributed by atoms with Gasteiger partial charge in [0.15, 0.2) is 0 Å². The van der Waals surface area contributed by atoms with Crippen molar-refractivity contribution in [1.82, 2.24) is 10.3 Å². The third kappa shape index (κ3) is 2.55. The van der Waals surface area contributed by atoms with Crippen molar-refractivity contribution in [2.24, 2.45) is 0 Å². The van der Waals surface area contributed by atoms with E-state index in [-0.39, 0.29) is 17.1 Å². The second kappa shape index (κ2) is 5.22. The van der Waals surface area contributed by atoms with Crippen LogP contribution in [0.3, 0.4) is 0 Å². The van der Waals surface area contributed by atoms with Crippen LogP contribution in [-0.4, -0.2) is 22.0 Å². The number of amides is 1. The first-order valence-corrected chi connectivity index (χ1v) is 6.79. The van der Waals surface area contributed by atoms with Crippen molar-refractivity contribution >= 4 is 11.9 Å². The van der Waals surface area contributed by atoms with Crippen LogP contribution in [0, 0.1) is 5.82 Å². The summed E-state index contributed by atoms with van der Waals surface area (Å²) in [6, 6.07) is 9.02. The maximum atomic E-state index is 13.9. The van der Waals surface area contributed by atoms with Crippen LogP contribution in [-0.2, 0) is 5.54 Å². The number of pyridine rings is 1. The van der Waals surface area contributed by atoms with Crippen LogP contribution < -0.4 is 5.32 Å². The molecule has 1 amide bonds. The number of rotatable bonds is 4. The third-order valence-electron chi connectivity index (χ3n) is 3.74. The predicted octanol–water partition coefficient (Wildman–Crippen LogP) is 2.34. The second-order valence-electron chi connectivity index (χ2n) is 5.25. The molecule has 0 atom stereocenters. The Morgan fingerprint density at radius 1 is 1.18 bits per heavy atom. The summed E-state index contributed by atoms with van der Waals surface area (Å²) in [7, 11) is 0. The number of carboxylic acid groups (broad SMARTS) is 1. The molecule has 5 nitrogen and oxygen atoms in total. The van der Waals surface area contributed by atoms with Gasteiger partial charge in [-0.15, -0.1) is 0 Å². The lowest BCUT2D eigenvalue weighted by Gasteiger charge is -2.18. The molecule has 1 saturated carbocycles. The standard InChI is InChI=1S/C16H13FN2O3/c17-12-4-2-1-3-11(12)16(7-8-16)19-14(20)10-5-6-13(15(21)22)18-9-10/h1-6,9H,7-8H2,(H,19,20)(H,21,22). The van der Waals surface area contributed by atoms with Gasteiger partial charge in [0, 0.05) is 11.8 Å². The molecule has 0 unspecified atom stereocenters. The average molecular weight is 300 g/mol. The first-order valence-electron chi connectivity index (χ1n) is 6.79. The molecule has 1 fully saturated rings. The lowest BCUT2D eigenvalue weighted by atomic mass is 10.0. The van der Waals surface area contributed by atoms with Crippen molar-refractivity contribution in [2.45, 2.75) is 18.4 Å². The number of carboxylic acids is 1. The smallest absolute Gasteiger partial charge is 0.354 e. The molecule has 0 saturated heterocycles. The van der Waals surface area contributed by atoms with Crippen molar-refractivity contribution in [3.05, 3.63) is 65.2 Å². The number of hydrogen-bond donors (Lipinski definition) is 2. The molecule has 3 rings (SSSR count). The Bertz CT molecular complexity index is 739. The van der Waals surface area contributed by atoms with E-state index in [0.29, 0.717) is 18.4 Å². The molecule has 112 valence electrons. The van der Waals surface area contributed by atoms with Gasteiger partial charge < -0.3 is 10.4 Å². The van der Waals surface area contributed by atoms with Gasteiger partial charge in [-0.25, -0.2) is 14.2 Å². The zero-order valence-corrected chi connectivity index (χ0v) is 11.5. The SMILES string of the molecule is O=C(NC1(c2ccccc2F)CC1)c1ccc(C(=O)O)nc1. The molecule has 2 aromatic rings. The number of nitrogens with one attached hydrogen (secondary N) is 1. The van der Waals surface area contributed by atoms with Gasteiger partial charge in [-0.1, -0.05) is 18.2 Å². The Morgan fingerprint density at radius 3 is 2.45 bits per heavy atom. The highest BCUT2D eigenvalue weighted by atomic mass is 19.1. The maximum Gasteiger partial charge on any atom is 0.354 e. The highest BCUT2D eigenvalue weighted by Gasteiger charge is 2.47. The van der Waals surface area contributed by atoms with Gasteiger partial charge in [-0.05, 0) is 31.0 Å². The number of carbonyl (C=O) groups is 2. The second-order valence-corrected chi connectivity index (χ2v) is 5.25. The summed E-state index contributed by atoms with van der Waals surface area (Å²) in [5.74, 6) is -1.90. The van der Waals surface area contributed by atoms with E-state index in [2.05, 4.69) is 10.3 Å². The van der Waals surface area contributed by atoms with E-state index in [1.54, 1.807) is 18.2 Å². The minimum Gasteiger partial charge on any atom is -0.477 e. The molecule has 1 aliphatic carbocycles. The highest BCUT2D eigenvalue weighted by Crippen LogP contribution is 2.46. The zero-order chi connectivity index (χ0) is 15.7. The summed E-state index contributed by atoms with van der Waals surface area (Å²) in [6.45, 7) is 0. The van der Waals surface area contributed by atoms with Crippen molar-refractivity contribution < 1.29 is 19.1 Å². The minimum absolute atomic E-state index is 0.133. The molecular formula is C16H13FN2O3. The van der Waals surface area contributed by atoms with Gasteiger partial charge >= 0.3 is 5.97 Å². The number of benzene rings is 1. The van der Waals surface area contributed by atoms with Crippen LogP contribution in [0.15, 0.2) is 42.6 Å². The fraction of sp³-hybridized carbons (Fsp3) is 0.188. The monoisotopic (exact) mass is 300 g/mol. The molecule has 2 N–H and O–H groups in total.